The highest BCUT2D eigenvalue weighted by Gasteiger charge is 2.16. The molecular formula is C13H19O2. The van der Waals surface area contributed by atoms with Gasteiger partial charge in [-0.25, -0.2) is 0 Å². The van der Waals surface area contributed by atoms with Gasteiger partial charge in [0.25, 0.3) is 0 Å². The minimum atomic E-state index is 0.111. The summed E-state index contributed by atoms with van der Waals surface area (Å²) in [4.78, 5) is 0. The van der Waals surface area contributed by atoms with Gasteiger partial charge >= 0.3 is 0 Å². The van der Waals surface area contributed by atoms with Crippen molar-refractivity contribution in [2.75, 3.05) is 13.7 Å². The van der Waals surface area contributed by atoms with Crippen LogP contribution in [-0.4, -0.2) is 13.7 Å². The third-order valence-corrected chi connectivity index (χ3v) is 2.45. The second-order valence-electron chi connectivity index (χ2n) is 4.24. The van der Waals surface area contributed by atoms with Gasteiger partial charge in [-0.1, -0.05) is 20.8 Å². The molecule has 0 aliphatic heterocycles. The van der Waals surface area contributed by atoms with Crippen LogP contribution in [-0.2, 0) is 0 Å². The van der Waals surface area contributed by atoms with Crippen LogP contribution < -0.4 is 9.47 Å². The molecule has 0 saturated heterocycles. The molecule has 0 saturated carbocycles. The van der Waals surface area contributed by atoms with Crippen LogP contribution in [0.4, 0.5) is 0 Å². The highest BCUT2D eigenvalue weighted by Crippen LogP contribution is 2.22. The van der Waals surface area contributed by atoms with Crippen molar-refractivity contribution in [3.8, 4) is 11.5 Å². The van der Waals surface area contributed by atoms with Crippen molar-refractivity contribution >= 4 is 0 Å². The molecule has 0 unspecified atom stereocenters. The highest BCUT2D eigenvalue weighted by molar-refractivity contribution is 5.31. The summed E-state index contributed by atoms with van der Waals surface area (Å²) in [6.45, 7) is 7.04. The van der Waals surface area contributed by atoms with Crippen LogP contribution in [0.1, 0.15) is 20.8 Å². The summed E-state index contributed by atoms with van der Waals surface area (Å²) < 4.78 is 10.7. The van der Waals surface area contributed by atoms with Crippen LogP contribution in [0.25, 0.3) is 0 Å². The molecule has 0 aliphatic carbocycles. The Hall–Kier alpha value is -1.18. The van der Waals surface area contributed by atoms with Crippen molar-refractivity contribution in [3.63, 3.8) is 0 Å². The average Bonchev–Trinajstić information content (AvgIpc) is 2.27. The van der Waals surface area contributed by atoms with E-state index >= 15 is 0 Å². The van der Waals surface area contributed by atoms with E-state index in [1.54, 1.807) is 7.11 Å². The Balaban J connectivity index is 2.51. The molecule has 0 spiro atoms. The number of hydrogen-bond acceptors (Lipinski definition) is 2. The maximum Gasteiger partial charge on any atom is 0.119 e. The fourth-order valence-electron chi connectivity index (χ4n) is 1.02. The number of benzene rings is 1. The maximum atomic E-state index is 5.67. The topological polar surface area (TPSA) is 18.5 Å². The minimum Gasteiger partial charge on any atom is -0.497 e. The van der Waals surface area contributed by atoms with Gasteiger partial charge in [0.1, 0.15) is 11.5 Å². The van der Waals surface area contributed by atoms with Crippen LogP contribution >= 0.6 is 0 Å². The number of ether oxygens (including phenoxy) is 2. The highest BCUT2D eigenvalue weighted by atomic mass is 16.5. The van der Waals surface area contributed by atoms with Crippen molar-refractivity contribution < 1.29 is 9.47 Å². The van der Waals surface area contributed by atoms with Crippen LogP contribution in [0.15, 0.2) is 24.3 Å². The van der Waals surface area contributed by atoms with E-state index in [9.17, 15) is 0 Å². The van der Waals surface area contributed by atoms with Gasteiger partial charge in [0.15, 0.2) is 0 Å². The number of rotatable bonds is 5. The van der Waals surface area contributed by atoms with Crippen molar-refractivity contribution in [2.24, 2.45) is 5.41 Å². The summed E-state index contributed by atoms with van der Waals surface area (Å²) >= 11 is 0. The van der Waals surface area contributed by atoms with E-state index in [4.69, 9.17) is 9.47 Å². The third-order valence-electron chi connectivity index (χ3n) is 2.45. The lowest BCUT2D eigenvalue weighted by Crippen LogP contribution is -2.20. The number of methoxy groups -OCH3 is 1. The molecule has 0 aliphatic rings. The normalized spacial score (nSPS) is 11.2. The zero-order valence-corrected chi connectivity index (χ0v) is 9.91. The Bertz CT molecular complexity index is 288. The molecule has 83 valence electrons. The van der Waals surface area contributed by atoms with Crippen LogP contribution in [0.3, 0.4) is 0 Å². The third kappa shape index (κ3) is 3.82. The molecule has 1 aromatic carbocycles. The molecule has 2 nitrogen and oxygen atoms in total. The first-order chi connectivity index (χ1) is 7.07. The van der Waals surface area contributed by atoms with Crippen LogP contribution in [0, 0.1) is 11.8 Å². The van der Waals surface area contributed by atoms with Gasteiger partial charge in [0.2, 0.25) is 0 Å². The first-order valence-corrected chi connectivity index (χ1v) is 5.15. The number of hydrogen-bond donors (Lipinski definition) is 0. The summed E-state index contributed by atoms with van der Waals surface area (Å²) in [7, 11) is 1.66. The second-order valence-corrected chi connectivity index (χ2v) is 4.24. The molecule has 0 heterocycles. The lowest BCUT2D eigenvalue weighted by atomic mass is 9.92. The van der Waals surface area contributed by atoms with E-state index in [2.05, 4.69) is 27.2 Å². The molecule has 15 heavy (non-hydrogen) atoms. The van der Waals surface area contributed by atoms with E-state index in [0.717, 1.165) is 11.5 Å². The van der Waals surface area contributed by atoms with Crippen molar-refractivity contribution in [1.29, 1.82) is 0 Å². The van der Waals surface area contributed by atoms with E-state index in [1.165, 1.54) is 0 Å². The van der Waals surface area contributed by atoms with E-state index in [0.29, 0.717) is 6.61 Å². The molecule has 0 aromatic heterocycles. The summed E-state index contributed by atoms with van der Waals surface area (Å²) in [5, 5.41) is 0. The molecule has 0 fully saturated rings. The molecule has 0 bridgehead atoms. The first-order valence-electron chi connectivity index (χ1n) is 5.15. The van der Waals surface area contributed by atoms with Gasteiger partial charge in [-0.2, -0.15) is 0 Å². The molecule has 0 N–H and O–H groups in total. The maximum absolute atomic E-state index is 5.67. The van der Waals surface area contributed by atoms with E-state index in [-0.39, 0.29) is 5.41 Å². The Morgan fingerprint density at radius 3 is 2.13 bits per heavy atom. The predicted octanol–water partition coefficient (Wildman–Crippen LogP) is 3.32. The SMILES string of the molecule is C[CH]C(C)(C)COc1ccc(OC)cc1. The van der Waals surface area contributed by atoms with Crippen LogP contribution in [0.2, 0.25) is 0 Å². The van der Waals surface area contributed by atoms with Gasteiger partial charge in [0, 0.05) is 5.41 Å². The molecule has 1 radical (unpaired) electrons. The van der Waals surface area contributed by atoms with Gasteiger partial charge in [0.05, 0.1) is 13.7 Å². The Labute approximate surface area is 92.2 Å². The van der Waals surface area contributed by atoms with Crippen LogP contribution in [0.5, 0.6) is 11.5 Å². The lowest BCUT2D eigenvalue weighted by molar-refractivity contribution is 0.208. The lowest BCUT2D eigenvalue weighted by Gasteiger charge is -2.22. The van der Waals surface area contributed by atoms with Crippen molar-refractivity contribution in [2.45, 2.75) is 20.8 Å². The molecular weight excluding hydrogens is 188 g/mol. The van der Waals surface area contributed by atoms with Crippen molar-refractivity contribution in [3.05, 3.63) is 30.7 Å². The monoisotopic (exact) mass is 207 g/mol. The smallest absolute Gasteiger partial charge is 0.119 e. The zero-order chi connectivity index (χ0) is 11.3. The predicted molar refractivity (Wildman–Crippen MR) is 62.2 cm³/mol. The molecule has 1 rings (SSSR count). The fraction of sp³-hybridized carbons (Fsp3) is 0.462. The largest absolute Gasteiger partial charge is 0.497 e. The van der Waals surface area contributed by atoms with Gasteiger partial charge in [-0.15, -0.1) is 0 Å². The molecule has 0 amide bonds. The Morgan fingerprint density at radius 2 is 1.67 bits per heavy atom. The fourth-order valence-corrected chi connectivity index (χ4v) is 1.02. The van der Waals surface area contributed by atoms with E-state index in [1.807, 2.05) is 24.3 Å². The summed E-state index contributed by atoms with van der Waals surface area (Å²) in [6.07, 6.45) is 2.15. The standard InChI is InChI=1S/C13H19O2/c1-5-13(2,3)10-15-12-8-6-11(14-4)7-9-12/h5-9H,10H2,1-4H3. The molecule has 0 atom stereocenters. The minimum absolute atomic E-state index is 0.111. The first kappa shape index (κ1) is 11.9. The van der Waals surface area contributed by atoms with Gasteiger partial charge in [-0.05, 0) is 30.7 Å². The summed E-state index contributed by atoms with van der Waals surface area (Å²) in [5.41, 5.74) is 0.111. The van der Waals surface area contributed by atoms with Gasteiger partial charge in [-0.3, -0.25) is 0 Å². The average molecular weight is 207 g/mol. The second kappa shape index (κ2) is 5.06. The summed E-state index contributed by atoms with van der Waals surface area (Å²) in [5.74, 6) is 1.73. The van der Waals surface area contributed by atoms with E-state index < -0.39 is 0 Å². The Morgan fingerprint density at radius 1 is 1.13 bits per heavy atom. The molecule has 2 heteroatoms. The molecule has 1 aromatic rings. The quantitative estimate of drug-likeness (QED) is 0.737. The van der Waals surface area contributed by atoms with Crippen molar-refractivity contribution in [1.82, 2.24) is 0 Å². The van der Waals surface area contributed by atoms with Gasteiger partial charge < -0.3 is 9.47 Å². The Kier molecular flexibility index (Phi) is 4.01. The zero-order valence-electron chi connectivity index (χ0n) is 9.91. The summed E-state index contributed by atoms with van der Waals surface area (Å²) in [6, 6.07) is 7.64.